The van der Waals surface area contributed by atoms with Gasteiger partial charge in [-0.1, -0.05) is 12.8 Å². The maximum absolute atomic E-state index is 13.7. The number of imidazole rings is 1. The molecule has 0 amide bonds. The van der Waals surface area contributed by atoms with Crippen molar-refractivity contribution in [2.45, 2.75) is 32.2 Å². The Hall–Kier alpha value is -4.02. The second-order valence-electron chi connectivity index (χ2n) is 9.77. The van der Waals surface area contributed by atoms with Crippen molar-refractivity contribution < 1.29 is 4.39 Å². The van der Waals surface area contributed by atoms with Crippen LogP contribution in [0.5, 0.6) is 0 Å². The first kappa shape index (κ1) is 23.1. The molecule has 1 saturated carbocycles. The van der Waals surface area contributed by atoms with Crippen LogP contribution in [0.1, 0.15) is 31.2 Å². The molecular formula is C28H25FN8S. The van der Waals surface area contributed by atoms with Crippen LogP contribution in [0, 0.1) is 11.0 Å². The molecule has 6 aromatic rings. The van der Waals surface area contributed by atoms with Gasteiger partial charge in [0.1, 0.15) is 16.7 Å². The van der Waals surface area contributed by atoms with Crippen molar-refractivity contribution in [2.24, 2.45) is 5.92 Å². The van der Waals surface area contributed by atoms with Crippen LogP contribution in [0.2, 0.25) is 0 Å². The molecule has 0 saturated heterocycles. The van der Waals surface area contributed by atoms with Crippen molar-refractivity contribution in [3.63, 3.8) is 0 Å². The second kappa shape index (κ2) is 9.70. The average Bonchev–Trinajstić information content (AvgIpc) is 3.74. The van der Waals surface area contributed by atoms with Crippen LogP contribution in [0.25, 0.3) is 55.4 Å². The summed E-state index contributed by atoms with van der Waals surface area (Å²) in [5, 5.41) is 10.9. The van der Waals surface area contributed by atoms with Crippen molar-refractivity contribution in [2.75, 3.05) is 6.54 Å². The van der Waals surface area contributed by atoms with Crippen LogP contribution >= 0.6 is 11.3 Å². The van der Waals surface area contributed by atoms with Gasteiger partial charge >= 0.3 is 0 Å². The molecule has 8 nitrogen and oxygen atoms in total. The topological polar surface area (TPSA) is 108 Å². The van der Waals surface area contributed by atoms with E-state index in [1.165, 1.54) is 31.7 Å². The van der Waals surface area contributed by atoms with Crippen LogP contribution in [0.15, 0.2) is 55.0 Å². The number of H-pyrrole nitrogens is 2. The molecule has 6 aromatic heterocycles. The van der Waals surface area contributed by atoms with Gasteiger partial charge < -0.3 is 10.3 Å². The fourth-order valence-electron chi connectivity index (χ4n) is 5.25. The van der Waals surface area contributed by atoms with E-state index in [1.54, 1.807) is 12.3 Å². The molecule has 1 aliphatic rings. The highest BCUT2D eigenvalue weighted by molar-refractivity contribution is 7.13. The zero-order valence-electron chi connectivity index (χ0n) is 20.5. The molecule has 0 atom stereocenters. The molecule has 1 fully saturated rings. The van der Waals surface area contributed by atoms with Crippen molar-refractivity contribution in [3.05, 3.63) is 65.7 Å². The predicted molar refractivity (Wildman–Crippen MR) is 147 cm³/mol. The lowest BCUT2D eigenvalue weighted by Crippen LogP contribution is -2.20. The smallest absolute Gasteiger partial charge is 0.177 e. The normalized spacial score (nSPS) is 14.2. The Kier molecular flexibility index (Phi) is 5.90. The number of aromatic amines is 2. The standard InChI is InChI=1S/C28H25FN8S/c29-23-8-7-22(38-23)26-24-20(9-10-32-26)34-28(35-24)27-25-21(36-37-27)6-5-19(33-25)18-11-17(14-31-15-18)13-30-12-16-3-1-2-4-16/h5-11,14-16,30H,1-4,12-13H2,(H,34,35)(H,36,37). The molecule has 0 bridgehead atoms. The number of thiophene rings is 1. The van der Waals surface area contributed by atoms with Gasteiger partial charge in [-0.3, -0.25) is 15.1 Å². The summed E-state index contributed by atoms with van der Waals surface area (Å²) in [5.41, 5.74) is 7.14. The molecule has 7 rings (SSSR count). The zero-order valence-corrected chi connectivity index (χ0v) is 21.4. The van der Waals surface area contributed by atoms with Gasteiger partial charge in [-0.15, -0.1) is 11.3 Å². The third-order valence-electron chi connectivity index (χ3n) is 7.17. The summed E-state index contributed by atoms with van der Waals surface area (Å²) >= 11 is 1.05. The molecule has 0 aliphatic heterocycles. The number of aromatic nitrogens is 7. The lowest BCUT2D eigenvalue weighted by atomic mass is 10.1. The number of halogens is 1. The summed E-state index contributed by atoms with van der Waals surface area (Å²) in [4.78, 5) is 22.7. The second-order valence-corrected chi connectivity index (χ2v) is 10.8. The monoisotopic (exact) mass is 524 g/mol. The number of hydrogen-bond donors (Lipinski definition) is 3. The van der Waals surface area contributed by atoms with E-state index >= 15 is 0 Å². The highest BCUT2D eigenvalue weighted by atomic mass is 32.1. The van der Waals surface area contributed by atoms with Gasteiger partial charge in [0.05, 0.1) is 21.6 Å². The minimum absolute atomic E-state index is 0.257. The van der Waals surface area contributed by atoms with Crippen molar-refractivity contribution in [1.29, 1.82) is 0 Å². The van der Waals surface area contributed by atoms with Gasteiger partial charge in [-0.25, -0.2) is 9.97 Å². The summed E-state index contributed by atoms with van der Waals surface area (Å²) in [6.45, 7) is 1.85. The lowest BCUT2D eigenvalue weighted by molar-refractivity contribution is 0.489. The number of hydrogen-bond acceptors (Lipinski definition) is 7. The largest absolute Gasteiger partial charge is 0.336 e. The number of fused-ring (bicyclic) bond motifs is 2. The van der Waals surface area contributed by atoms with E-state index in [0.717, 1.165) is 63.1 Å². The predicted octanol–water partition coefficient (Wildman–Crippen LogP) is 6.11. The molecule has 10 heteroatoms. The van der Waals surface area contributed by atoms with Gasteiger partial charge in [0.2, 0.25) is 0 Å². The van der Waals surface area contributed by atoms with E-state index in [0.29, 0.717) is 28.2 Å². The average molecular weight is 525 g/mol. The van der Waals surface area contributed by atoms with Gasteiger partial charge in [0, 0.05) is 30.7 Å². The number of rotatable bonds is 7. The van der Waals surface area contributed by atoms with Crippen LogP contribution in [-0.4, -0.2) is 41.7 Å². The van der Waals surface area contributed by atoms with Gasteiger partial charge in [0.15, 0.2) is 16.6 Å². The fourth-order valence-corrected chi connectivity index (χ4v) is 5.98. The Morgan fingerprint density at radius 2 is 1.87 bits per heavy atom. The number of nitrogens with one attached hydrogen (secondary N) is 3. The quantitative estimate of drug-likeness (QED) is 0.233. The molecular weight excluding hydrogens is 499 g/mol. The fraction of sp³-hybridized carbons (Fsp3) is 0.250. The SMILES string of the molecule is Fc1ccc(-c2nccc3[nH]c(-c4n[nH]c5ccc(-c6cncc(CNCC7CCCC7)c6)nc45)nc23)s1. The van der Waals surface area contributed by atoms with Crippen molar-refractivity contribution in [3.8, 4) is 33.3 Å². The van der Waals surface area contributed by atoms with Crippen molar-refractivity contribution in [1.82, 2.24) is 40.4 Å². The third kappa shape index (κ3) is 4.35. The van der Waals surface area contributed by atoms with E-state index in [1.807, 2.05) is 30.6 Å². The molecule has 3 N–H and O–H groups in total. The van der Waals surface area contributed by atoms with E-state index in [9.17, 15) is 4.39 Å². The van der Waals surface area contributed by atoms with Crippen LogP contribution in [0.3, 0.4) is 0 Å². The molecule has 1 aliphatic carbocycles. The maximum Gasteiger partial charge on any atom is 0.177 e. The van der Waals surface area contributed by atoms with Gasteiger partial charge in [0.25, 0.3) is 0 Å². The lowest BCUT2D eigenvalue weighted by Gasteiger charge is -2.11. The summed E-state index contributed by atoms with van der Waals surface area (Å²) < 4.78 is 13.7. The molecule has 0 radical (unpaired) electrons. The number of pyridine rings is 3. The molecule has 0 spiro atoms. The molecule has 6 heterocycles. The van der Waals surface area contributed by atoms with E-state index in [4.69, 9.17) is 9.97 Å². The Morgan fingerprint density at radius 3 is 2.74 bits per heavy atom. The molecule has 0 unspecified atom stereocenters. The molecule has 38 heavy (non-hydrogen) atoms. The summed E-state index contributed by atoms with van der Waals surface area (Å²) in [6, 6.07) is 11.1. The number of nitrogens with zero attached hydrogens (tertiary/aromatic N) is 5. The first-order valence-corrected chi connectivity index (χ1v) is 13.6. The van der Waals surface area contributed by atoms with Crippen LogP contribution in [0.4, 0.5) is 4.39 Å². The summed E-state index contributed by atoms with van der Waals surface area (Å²) in [5.74, 6) is 1.37. The highest BCUT2D eigenvalue weighted by Gasteiger charge is 2.18. The highest BCUT2D eigenvalue weighted by Crippen LogP contribution is 2.33. The van der Waals surface area contributed by atoms with Crippen LogP contribution < -0.4 is 5.32 Å². The van der Waals surface area contributed by atoms with Gasteiger partial charge in [-0.05, 0) is 67.3 Å². The Bertz CT molecular complexity index is 1750. The first-order valence-electron chi connectivity index (χ1n) is 12.8. The molecule has 0 aromatic carbocycles. The third-order valence-corrected chi connectivity index (χ3v) is 8.05. The van der Waals surface area contributed by atoms with E-state index < -0.39 is 0 Å². The van der Waals surface area contributed by atoms with E-state index in [-0.39, 0.29) is 5.13 Å². The van der Waals surface area contributed by atoms with Gasteiger partial charge in [-0.2, -0.15) is 9.49 Å². The Balaban J connectivity index is 1.20. The minimum Gasteiger partial charge on any atom is -0.336 e. The molecule has 190 valence electrons. The zero-order chi connectivity index (χ0) is 25.5. The minimum atomic E-state index is -0.257. The summed E-state index contributed by atoms with van der Waals surface area (Å²) in [6.07, 6.45) is 10.8. The first-order chi connectivity index (χ1) is 18.7. The Labute approximate surface area is 221 Å². The Morgan fingerprint density at radius 1 is 0.974 bits per heavy atom. The van der Waals surface area contributed by atoms with Crippen LogP contribution in [-0.2, 0) is 6.54 Å². The van der Waals surface area contributed by atoms with Crippen molar-refractivity contribution >= 4 is 33.4 Å². The summed E-state index contributed by atoms with van der Waals surface area (Å²) in [7, 11) is 0. The van der Waals surface area contributed by atoms with E-state index in [2.05, 4.69) is 36.5 Å². The maximum atomic E-state index is 13.7.